The molecule has 8 heteroatoms. The van der Waals surface area contributed by atoms with Crippen molar-refractivity contribution < 1.29 is 9.53 Å². The van der Waals surface area contributed by atoms with Crippen molar-refractivity contribution in [3.63, 3.8) is 0 Å². The van der Waals surface area contributed by atoms with Gasteiger partial charge in [0, 0.05) is 26.8 Å². The van der Waals surface area contributed by atoms with Crippen molar-refractivity contribution in [3.05, 3.63) is 40.2 Å². The van der Waals surface area contributed by atoms with Crippen LogP contribution >= 0.6 is 11.3 Å². The number of pyridine rings is 1. The minimum absolute atomic E-state index is 0.314. The van der Waals surface area contributed by atoms with E-state index in [1.54, 1.807) is 13.1 Å². The number of hydrogen-bond donors (Lipinski definition) is 1. The quantitative estimate of drug-likeness (QED) is 0.650. The van der Waals surface area contributed by atoms with Crippen molar-refractivity contribution in [2.75, 3.05) is 30.9 Å². The van der Waals surface area contributed by atoms with Crippen LogP contribution in [-0.4, -0.2) is 41.6 Å². The van der Waals surface area contributed by atoms with Gasteiger partial charge in [-0.25, -0.2) is 19.7 Å². The lowest BCUT2D eigenvalue weighted by atomic mass is 10.2. The molecule has 3 heterocycles. The average Bonchev–Trinajstić information content (AvgIpc) is 2.96. The fourth-order valence-electron chi connectivity index (χ4n) is 2.77. The van der Waals surface area contributed by atoms with Crippen molar-refractivity contribution in [1.29, 1.82) is 0 Å². The third-order valence-electron chi connectivity index (χ3n) is 4.09. The van der Waals surface area contributed by atoms with Crippen LogP contribution in [-0.2, 0) is 11.3 Å². The molecule has 3 rings (SSSR count). The maximum absolute atomic E-state index is 12.2. The SMILES string of the molecule is CCOC(=O)c1sc2nc(C)nc(NCc3ccnc(N(C)C)c3)c2c1C. The lowest BCUT2D eigenvalue weighted by Crippen LogP contribution is -2.11. The summed E-state index contributed by atoms with van der Waals surface area (Å²) in [5.74, 6) is 1.97. The van der Waals surface area contributed by atoms with E-state index < -0.39 is 0 Å². The molecule has 0 saturated carbocycles. The molecule has 0 aliphatic rings. The molecule has 0 saturated heterocycles. The van der Waals surface area contributed by atoms with Crippen LogP contribution in [0.15, 0.2) is 18.3 Å². The lowest BCUT2D eigenvalue weighted by molar-refractivity contribution is 0.0531. The molecule has 3 aromatic heterocycles. The molecular formula is C19H23N5O2S. The molecule has 0 amide bonds. The number of esters is 1. The number of anilines is 2. The Labute approximate surface area is 162 Å². The summed E-state index contributed by atoms with van der Waals surface area (Å²) in [5, 5.41) is 4.26. The van der Waals surface area contributed by atoms with Gasteiger partial charge in [0.05, 0.1) is 12.0 Å². The molecule has 27 heavy (non-hydrogen) atoms. The summed E-state index contributed by atoms with van der Waals surface area (Å²) in [4.78, 5) is 28.9. The van der Waals surface area contributed by atoms with Crippen LogP contribution in [0, 0.1) is 13.8 Å². The summed E-state index contributed by atoms with van der Waals surface area (Å²) < 4.78 is 5.16. The second-order valence-corrected chi connectivity index (χ2v) is 7.35. The standard InChI is InChI=1S/C19H23N5O2S/c1-6-26-19(25)16-11(2)15-17(22-12(3)23-18(15)27-16)21-10-13-7-8-20-14(9-13)24(4)5/h7-9H,6,10H2,1-5H3,(H,21,22,23). The Morgan fingerprint density at radius 1 is 1.30 bits per heavy atom. The number of carbonyl (C=O) groups is 1. The average molecular weight is 385 g/mol. The molecule has 0 unspecified atom stereocenters. The van der Waals surface area contributed by atoms with Crippen LogP contribution in [0.25, 0.3) is 10.2 Å². The van der Waals surface area contributed by atoms with Gasteiger partial charge in [-0.3, -0.25) is 0 Å². The Morgan fingerprint density at radius 2 is 2.07 bits per heavy atom. The number of hydrogen-bond acceptors (Lipinski definition) is 8. The second-order valence-electron chi connectivity index (χ2n) is 6.35. The Bertz CT molecular complexity index is 984. The molecule has 1 N–H and O–H groups in total. The van der Waals surface area contributed by atoms with Crippen LogP contribution in [0.4, 0.5) is 11.6 Å². The molecule has 0 aliphatic heterocycles. The Balaban J connectivity index is 1.94. The van der Waals surface area contributed by atoms with Crippen molar-refractivity contribution in [1.82, 2.24) is 15.0 Å². The zero-order valence-corrected chi connectivity index (χ0v) is 17.0. The molecule has 0 aliphatic carbocycles. The molecule has 0 spiro atoms. The van der Waals surface area contributed by atoms with Crippen molar-refractivity contribution in [3.8, 4) is 0 Å². The largest absolute Gasteiger partial charge is 0.462 e. The van der Waals surface area contributed by atoms with Crippen LogP contribution < -0.4 is 10.2 Å². The van der Waals surface area contributed by atoms with Crippen LogP contribution in [0.1, 0.15) is 33.5 Å². The van der Waals surface area contributed by atoms with E-state index in [9.17, 15) is 4.79 Å². The van der Waals surface area contributed by atoms with Crippen LogP contribution in [0.5, 0.6) is 0 Å². The highest BCUT2D eigenvalue weighted by molar-refractivity contribution is 7.20. The van der Waals surface area contributed by atoms with Gasteiger partial charge in [-0.1, -0.05) is 0 Å². The minimum Gasteiger partial charge on any atom is -0.462 e. The van der Waals surface area contributed by atoms with E-state index in [-0.39, 0.29) is 5.97 Å². The first kappa shape index (κ1) is 19.0. The fourth-order valence-corrected chi connectivity index (χ4v) is 3.89. The van der Waals surface area contributed by atoms with Crippen LogP contribution in [0.2, 0.25) is 0 Å². The summed E-state index contributed by atoms with van der Waals surface area (Å²) in [6, 6.07) is 4.00. The summed E-state index contributed by atoms with van der Waals surface area (Å²) in [6.07, 6.45) is 1.79. The Kier molecular flexibility index (Phi) is 5.55. The molecule has 0 bridgehead atoms. The lowest BCUT2D eigenvalue weighted by Gasteiger charge is -2.13. The number of carbonyl (C=O) groups excluding carboxylic acids is 1. The number of thiophene rings is 1. The first-order chi connectivity index (χ1) is 12.9. The van der Waals surface area contributed by atoms with E-state index in [1.165, 1.54) is 11.3 Å². The van der Waals surface area contributed by atoms with E-state index >= 15 is 0 Å². The minimum atomic E-state index is -0.314. The number of ether oxygens (including phenoxy) is 1. The summed E-state index contributed by atoms with van der Waals surface area (Å²) in [7, 11) is 3.92. The van der Waals surface area contributed by atoms with Crippen molar-refractivity contribution in [2.24, 2.45) is 0 Å². The van der Waals surface area contributed by atoms with Crippen molar-refractivity contribution in [2.45, 2.75) is 27.3 Å². The second kappa shape index (κ2) is 7.87. The van der Waals surface area contributed by atoms with Gasteiger partial charge in [0.2, 0.25) is 0 Å². The van der Waals surface area contributed by atoms with E-state index in [0.717, 1.165) is 33.0 Å². The predicted molar refractivity (Wildman–Crippen MR) is 109 cm³/mol. The number of aromatic nitrogens is 3. The third-order valence-corrected chi connectivity index (χ3v) is 5.26. The molecule has 142 valence electrons. The zero-order chi connectivity index (χ0) is 19.6. The molecule has 3 aromatic rings. The van der Waals surface area contributed by atoms with Gasteiger partial charge in [0.25, 0.3) is 0 Å². The maximum atomic E-state index is 12.2. The number of rotatable bonds is 6. The highest BCUT2D eigenvalue weighted by Gasteiger charge is 2.20. The predicted octanol–water partition coefficient (Wildman–Crippen LogP) is 3.56. The van der Waals surface area contributed by atoms with E-state index in [0.29, 0.717) is 23.9 Å². The summed E-state index contributed by atoms with van der Waals surface area (Å²) >= 11 is 1.35. The fraction of sp³-hybridized carbons (Fsp3) is 0.368. The molecular weight excluding hydrogens is 362 g/mol. The first-order valence-electron chi connectivity index (χ1n) is 8.71. The number of aryl methyl sites for hydroxylation is 2. The number of nitrogens with one attached hydrogen (secondary N) is 1. The van der Waals surface area contributed by atoms with Gasteiger partial charge in [0.1, 0.15) is 27.2 Å². The van der Waals surface area contributed by atoms with E-state index in [1.807, 2.05) is 45.0 Å². The Morgan fingerprint density at radius 3 is 2.78 bits per heavy atom. The summed E-state index contributed by atoms with van der Waals surface area (Å²) in [5.41, 5.74) is 1.94. The highest BCUT2D eigenvalue weighted by atomic mass is 32.1. The monoisotopic (exact) mass is 385 g/mol. The number of fused-ring (bicyclic) bond motifs is 1. The smallest absolute Gasteiger partial charge is 0.348 e. The normalized spacial score (nSPS) is 10.9. The molecule has 0 fully saturated rings. The molecule has 0 radical (unpaired) electrons. The zero-order valence-electron chi connectivity index (χ0n) is 16.2. The molecule has 7 nitrogen and oxygen atoms in total. The first-order valence-corrected chi connectivity index (χ1v) is 9.53. The van der Waals surface area contributed by atoms with Gasteiger partial charge in [-0.15, -0.1) is 11.3 Å². The Hall–Kier alpha value is -2.74. The van der Waals surface area contributed by atoms with Crippen LogP contribution in [0.3, 0.4) is 0 Å². The van der Waals surface area contributed by atoms with Gasteiger partial charge >= 0.3 is 5.97 Å². The van der Waals surface area contributed by atoms with E-state index in [4.69, 9.17) is 4.74 Å². The molecule has 0 aromatic carbocycles. The topological polar surface area (TPSA) is 80.2 Å². The van der Waals surface area contributed by atoms with Gasteiger partial charge in [-0.2, -0.15) is 0 Å². The number of nitrogens with zero attached hydrogens (tertiary/aromatic N) is 4. The maximum Gasteiger partial charge on any atom is 0.348 e. The third kappa shape index (κ3) is 4.00. The summed E-state index contributed by atoms with van der Waals surface area (Å²) in [6.45, 7) is 6.50. The highest BCUT2D eigenvalue weighted by Crippen LogP contribution is 2.34. The van der Waals surface area contributed by atoms with Crippen molar-refractivity contribution >= 4 is 39.2 Å². The van der Waals surface area contributed by atoms with Gasteiger partial charge in [-0.05, 0) is 44.0 Å². The molecule has 0 atom stereocenters. The van der Waals surface area contributed by atoms with Gasteiger partial charge in [0.15, 0.2) is 0 Å². The van der Waals surface area contributed by atoms with E-state index in [2.05, 4.69) is 20.3 Å². The van der Waals surface area contributed by atoms with Gasteiger partial charge < -0.3 is 15.0 Å².